The molecule has 1 aliphatic rings. The Hall–Kier alpha value is -2.85. The molecule has 0 atom stereocenters. The predicted octanol–water partition coefficient (Wildman–Crippen LogP) is 2.40. The number of halogens is 3. The number of hydrogen-bond acceptors (Lipinski definition) is 5. The number of rotatable bonds is 2. The van der Waals surface area contributed by atoms with E-state index in [1.807, 2.05) is 4.57 Å². The zero-order chi connectivity index (χ0) is 21.0. The molecule has 150 valence electrons. The molecular formula is C19H13BClF2N5OS. The van der Waals surface area contributed by atoms with Crippen molar-refractivity contribution < 1.29 is 13.6 Å². The SMILES string of the molecule is Bc1cc(C(=O)N2CCn3c(nnc3-c3nc4cc(Cl)c(F)cc4s3)C2)ccc1F. The molecule has 0 radical (unpaired) electrons. The lowest BCUT2D eigenvalue weighted by Crippen LogP contribution is -2.38. The summed E-state index contributed by atoms with van der Waals surface area (Å²) in [4.78, 5) is 19.0. The molecule has 0 saturated carbocycles. The average molecular weight is 444 g/mol. The molecule has 4 aromatic rings. The van der Waals surface area contributed by atoms with Crippen molar-refractivity contribution in [1.29, 1.82) is 0 Å². The van der Waals surface area contributed by atoms with Crippen molar-refractivity contribution in [1.82, 2.24) is 24.6 Å². The zero-order valence-corrected chi connectivity index (χ0v) is 17.3. The summed E-state index contributed by atoms with van der Waals surface area (Å²) in [5.41, 5.74) is 1.46. The monoisotopic (exact) mass is 443 g/mol. The molecule has 0 bridgehead atoms. The lowest BCUT2D eigenvalue weighted by atomic mass is 9.93. The average Bonchev–Trinajstić information content (AvgIpc) is 3.33. The van der Waals surface area contributed by atoms with Crippen LogP contribution in [0.4, 0.5) is 8.78 Å². The normalized spacial score (nSPS) is 13.6. The van der Waals surface area contributed by atoms with Crippen molar-refractivity contribution in [2.24, 2.45) is 0 Å². The van der Waals surface area contributed by atoms with Gasteiger partial charge in [-0.2, -0.15) is 0 Å². The first-order chi connectivity index (χ1) is 14.4. The van der Waals surface area contributed by atoms with Gasteiger partial charge in [-0.15, -0.1) is 21.5 Å². The van der Waals surface area contributed by atoms with E-state index < -0.39 is 5.82 Å². The van der Waals surface area contributed by atoms with Crippen LogP contribution < -0.4 is 5.46 Å². The molecule has 3 heterocycles. The van der Waals surface area contributed by atoms with Gasteiger partial charge in [-0.05, 0) is 24.3 Å². The van der Waals surface area contributed by atoms with Crippen LogP contribution in [0.1, 0.15) is 16.2 Å². The van der Waals surface area contributed by atoms with Crippen molar-refractivity contribution in [3.63, 3.8) is 0 Å². The number of benzene rings is 2. The molecule has 2 aromatic heterocycles. The molecule has 1 amide bonds. The Morgan fingerprint density at radius 3 is 2.77 bits per heavy atom. The van der Waals surface area contributed by atoms with Crippen LogP contribution in [0.25, 0.3) is 21.0 Å². The number of nitrogens with zero attached hydrogens (tertiary/aromatic N) is 5. The number of carbonyl (C=O) groups excluding carboxylic acids is 1. The Morgan fingerprint density at radius 1 is 1.13 bits per heavy atom. The van der Waals surface area contributed by atoms with Crippen LogP contribution >= 0.6 is 22.9 Å². The predicted molar refractivity (Wildman–Crippen MR) is 113 cm³/mol. The van der Waals surface area contributed by atoms with Crippen molar-refractivity contribution in [2.75, 3.05) is 6.54 Å². The third-order valence-corrected chi connectivity index (χ3v) is 6.37. The van der Waals surface area contributed by atoms with Gasteiger partial charge in [0.2, 0.25) is 0 Å². The standard InChI is InChI=1S/C19H13BClF2N5OS/c20-10-5-9(1-2-12(10)22)19(29)27-3-4-28-16(8-27)25-26-17(28)18-24-14-6-11(21)13(23)7-15(14)30-18/h1-2,5-7H,3-4,8,20H2. The minimum Gasteiger partial charge on any atom is -0.329 e. The highest BCUT2D eigenvalue weighted by molar-refractivity contribution is 7.21. The number of amides is 1. The van der Waals surface area contributed by atoms with Gasteiger partial charge in [-0.3, -0.25) is 4.79 Å². The van der Waals surface area contributed by atoms with Gasteiger partial charge in [0.15, 0.2) is 16.7 Å². The summed E-state index contributed by atoms with van der Waals surface area (Å²) in [7, 11) is 1.63. The first-order valence-electron chi connectivity index (χ1n) is 9.14. The second kappa shape index (κ2) is 7.14. The Bertz CT molecular complexity index is 1280. The smallest absolute Gasteiger partial charge is 0.254 e. The Balaban J connectivity index is 1.43. The van der Waals surface area contributed by atoms with Gasteiger partial charge in [-0.1, -0.05) is 23.1 Å². The fourth-order valence-electron chi connectivity index (χ4n) is 3.47. The summed E-state index contributed by atoms with van der Waals surface area (Å²) < 4.78 is 29.8. The highest BCUT2D eigenvalue weighted by atomic mass is 35.5. The van der Waals surface area contributed by atoms with Gasteiger partial charge in [0.25, 0.3) is 5.91 Å². The molecule has 1 aliphatic heterocycles. The van der Waals surface area contributed by atoms with E-state index in [4.69, 9.17) is 11.6 Å². The van der Waals surface area contributed by atoms with Crippen LogP contribution in [0.15, 0.2) is 30.3 Å². The van der Waals surface area contributed by atoms with E-state index in [9.17, 15) is 13.6 Å². The lowest BCUT2D eigenvalue weighted by Gasteiger charge is -2.27. The van der Waals surface area contributed by atoms with Gasteiger partial charge < -0.3 is 9.47 Å². The minimum absolute atomic E-state index is 0.0211. The van der Waals surface area contributed by atoms with E-state index in [-0.39, 0.29) is 23.3 Å². The first-order valence-corrected chi connectivity index (χ1v) is 10.3. The second-order valence-corrected chi connectivity index (χ2v) is 8.47. The Morgan fingerprint density at radius 2 is 1.97 bits per heavy atom. The van der Waals surface area contributed by atoms with Gasteiger partial charge in [-0.25, -0.2) is 13.8 Å². The van der Waals surface area contributed by atoms with Crippen molar-refractivity contribution in [2.45, 2.75) is 13.1 Å². The van der Waals surface area contributed by atoms with Gasteiger partial charge in [0, 0.05) is 18.7 Å². The van der Waals surface area contributed by atoms with Crippen molar-refractivity contribution >= 4 is 52.4 Å². The lowest BCUT2D eigenvalue weighted by molar-refractivity contribution is 0.0708. The minimum atomic E-state index is -0.493. The number of carbonyl (C=O) groups is 1. The third-order valence-electron chi connectivity index (χ3n) is 5.07. The van der Waals surface area contributed by atoms with Crippen LogP contribution in [0.3, 0.4) is 0 Å². The molecule has 0 aliphatic carbocycles. The van der Waals surface area contributed by atoms with E-state index in [1.54, 1.807) is 18.8 Å². The van der Waals surface area contributed by atoms with Crippen LogP contribution in [0, 0.1) is 11.6 Å². The second-order valence-electron chi connectivity index (χ2n) is 7.04. The molecule has 0 saturated heterocycles. The summed E-state index contributed by atoms with van der Waals surface area (Å²) in [6.45, 7) is 1.24. The van der Waals surface area contributed by atoms with Gasteiger partial charge in [0.05, 0.1) is 21.8 Å². The van der Waals surface area contributed by atoms with E-state index in [0.29, 0.717) is 51.0 Å². The maximum absolute atomic E-state index is 13.7. The van der Waals surface area contributed by atoms with E-state index in [1.165, 1.54) is 35.6 Å². The summed E-state index contributed by atoms with van der Waals surface area (Å²) in [5.74, 6) is 0.192. The molecule has 0 fully saturated rings. The largest absolute Gasteiger partial charge is 0.329 e. The highest BCUT2D eigenvalue weighted by Crippen LogP contribution is 2.33. The van der Waals surface area contributed by atoms with E-state index in [0.717, 1.165) is 0 Å². The number of hydrogen-bond donors (Lipinski definition) is 0. The van der Waals surface area contributed by atoms with Crippen molar-refractivity contribution in [3.8, 4) is 10.8 Å². The van der Waals surface area contributed by atoms with Gasteiger partial charge >= 0.3 is 0 Å². The molecule has 6 nitrogen and oxygen atoms in total. The molecule has 0 N–H and O–H groups in total. The Labute approximate surface area is 179 Å². The molecule has 30 heavy (non-hydrogen) atoms. The molecule has 2 aromatic carbocycles. The maximum atomic E-state index is 13.7. The van der Waals surface area contributed by atoms with Crippen LogP contribution in [0.5, 0.6) is 0 Å². The van der Waals surface area contributed by atoms with Crippen molar-refractivity contribution in [3.05, 3.63) is 58.4 Å². The first kappa shape index (κ1) is 19.1. The van der Waals surface area contributed by atoms with Crippen LogP contribution in [0.2, 0.25) is 5.02 Å². The molecule has 0 spiro atoms. The summed E-state index contributed by atoms with van der Waals surface area (Å²) in [6.07, 6.45) is 0. The number of aromatic nitrogens is 4. The molecule has 0 unspecified atom stereocenters. The number of thiazole rings is 1. The summed E-state index contributed by atoms with van der Waals surface area (Å²) in [6, 6.07) is 7.19. The number of fused-ring (bicyclic) bond motifs is 2. The highest BCUT2D eigenvalue weighted by Gasteiger charge is 2.27. The topological polar surface area (TPSA) is 63.9 Å². The van der Waals surface area contributed by atoms with Gasteiger partial charge in [0.1, 0.15) is 19.5 Å². The fraction of sp³-hybridized carbons (Fsp3) is 0.158. The fourth-order valence-corrected chi connectivity index (χ4v) is 4.59. The summed E-state index contributed by atoms with van der Waals surface area (Å²) in [5, 5.41) is 9.10. The quantitative estimate of drug-likeness (QED) is 0.446. The van der Waals surface area contributed by atoms with E-state index >= 15 is 0 Å². The molecular weight excluding hydrogens is 431 g/mol. The third kappa shape index (κ3) is 3.16. The van der Waals surface area contributed by atoms with Crippen LogP contribution in [-0.2, 0) is 13.1 Å². The molecule has 11 heteroatoms. The Kier molecular flexibility index (Phi) is 4.55. The van der Waals surface area contributed by atoms with Crippen LogP contribution in [-0.4, -0.2) is 44.9 Å². The zero-order valence-electron chi connectivity index (χ0n) is 15.7. The molecule has 5 rings (SSSR count). The maximum Gasteiger partial charge on any atom is 0.254 e. The summed E-state index contributed by atoms with van der Waals surface area (Å²) >= 11 is 7.16. The van der Waals surface area contributed by atoms with E-state index in [2.05, 4.69) is 15.2 Å².